The van der Waals surface area contributed by atoms with E-state index in [1.54, 1.807) is 11.3 Å². The molecule has 1 aromatic heterocycles. The highest BCUT2D eigenvalue weighted by Gasteiger charge is 2.47. The third kappa shape index (κ3) is 3.01. The zero-order valence-electron chi connectivity index (χ0n) is 12.8. The van der Waals surface area contributed by atoms with Crippen molar-refractivity contribution in [3.8, 4) is 0 Å². The van der Waals surface area contributed by atoms with E-state index in [0.29, 0.717) is 5.25 Å². The van der Waals surface area contributed by atoms with E-state index < -0.39 is 5.54 Å². The fourth-order valence-electron chi connectivity index (χ4n) is 3.18. The van der Waals surface area contributed by atoms with E-state index in [2.05, 4.69) is 34.0 Å². The lowest BCUT2D eigenvalue weighted by atomic mass is 9.99. The molecule has 2 fully saturated rings. The highest BCUT2D eigenvalue weighted by Crippen LogP contribution is 2.36. The van der Waals surface area contributed by atoms with Gasteiger partial charge in [0.05, 0.1) is 5.54 Å². The van der Waals surface area contributed by atoms with Gasteiger partial charge < -0.3 is 4.90 Å². The predicted molar refractivity (Wildman–Crippen MR) is 90.7 cm³/mol. The number of carbonyl (C=O) groups is 1. The third-order valence-corrected chi connectivity index (χ3v) is 6.82. The van der Waals surface area contributed by atoms with Gasteiger partial charge in [-0.15, -0.1) is 0 Å². The fraction of sp³-hybridized carbons (Fsp3) is 0.688. The molecule has 0 saturated carbocycles. The highest BCUT2D eigenvalue weighted by molar-refractivity contribution is 7.99. The Hall–Kier alpha value is -0.520. The summed E-state index contributed by atoms with van der Waals surface area (Å²) in [5.74, 6) is 1.52. The van der Waals surface area contributed by atoms with Crippen molar-refractivity contribution in [2.24, 2.45) is 0 Å². The summed E-state index contributed by atoms with van der Waals surface area (Å²) in [6.07, 6.45) is 4.76. The molecule has 21 heavy (non-hydrogen) atoms. The van der Waals surface area contributed by atoms with Crippen molar-refractivity contribution >= 4 is 29.0 Å². The average Bonchev–Trinajstić information content (AvgIpc) is 3.11. The molecule has 1 N–H and O–H groups in total. The van der Waals surface area contributed by atoms with Gasteiger partial charge in [0, 0.05) is 11.8 Å². The molecule has 0 aromatic carbocycles. The van der Waals surface area contributed by atoms with Crippen molar-refractivity contribution in [3.05, 3.63) is 22.4 Å². The standard InChI is InChI=1S/C16H24N2OS2/c1-3-16(2)15(19)18(10-13-6-4-5-8-21-13)14(17-16)12-7-9-20-11-12/h7,9,11,13-14,17H,3-6,8,10H2,1-2H3. The van der Waals surface area contributed by atoms with Crippen LogP contribution in [0.15, 0.2) is 16.8 Å². The largest absolute Gasteiger partial charge is 0.320 e. The molecule has 2 aliphatic heterocycles. The number of thiophene rings is 1. The lowest BCUT2D eigenvalue weighted by Gasteiger charge is -2.30. The number of amides is 1. The van der Waals surface area contributed by atoms with Crippen LogP contribution in [0.5, 0.6) is 0 Å². The molecular weight excluding hydrogens is 300 g/mol. The first-order valence-electron chi connectivity index (χ1n) is 7.86. The summed E-state index contributed by atoms with van der Waals surface area (Å²) in [5, 5.41) is 8.44. The van der Waals surface area contributed by atoms with E-state index >= 15 is 0 Å². The predicted octanol–water partition coefficient (Wildman–Crippen LogP) is 3.63. The summed E-state index contributed by atoms with van der Waals surface area (Å²) < 4.78 is 0. The Morgan fingerprint density at radius 2 is 2.33 bits per heavy atom. The highest BCUT2D eigenvalue weighted by atomic mass is 32.2. The van der Waals surface area contributed by atoms with Crippen LogP contribution in [0.25, 0.3) is 0 Å². The van der Waals surface area contributed by atoms with Gasteiger partial charge >= 0.3 is 0 Å². The van der Waals surface area contributed by atoms with Crippen LogP contribution in [0.3, 0.4) is 0 Å². The molecule has 1 aromatic rings. The van der Waals surface area contributed by atoms with E-state index in [1.165, 1.54) is 30.6 Å². The van der Waals surface area contributed by atoms with Crippen molar-refractivity contribution < 1.29 is 4.79 Å². The number of carbonyl (C=O) groups excluding carboxylic acids is 1. The SMILES string of the molecule is CCC1(C)NC(c2ccsc2)N(CC2CCCCS2)C1=O. The Bertz CT molecular complexity index is 484. The van der Waals surface area contributed by atoms with Crippen LogP contribution < -0.4 is 5.32 Å². The van der Waals surface area contributed by atoms with Gasteiger partial charge in [-0.25, -0.2) is 0 Å². The summed E-state index contributed by atoms with van der Waals surface area (Å²) >= 11 is 3.74. The molecule has 2 saturated heterocycles. The first-order valence-corrected chi connectivity index (χ1v) is 9.85. The fourth-order valence-corrected chi connectivity index (χ4v) is 5.16. The summed E-state index contributed by atoms with van der Waals surface area (Å²) in [4.78, 5) is 15.0. The third-order valence-electron chi connectivity index (χ3n) is 4.74. The second-order valence-electron chi connectivity index (χ2n) is 6.24. The van der Waals surface area contributed by atoms with Crippen molar-refractivity contribution in [2.75, 3.05) is 12.3 Å². The Morgan fingerprint density at radius 1 is 1.48 bits per heavy atom. The van der Waals surface area contributed by atoms with Crippen LogP contribution in [0.1, 0.15) is 51.3 Å². The van der Waals surface area contributed by atoms with Crippen LogP contribution in [-0.2, 0) is 4.79 Å². The summed E-state index contributed by atoms with van der Waals surface area (Å²) in [7, 11) is 0. The first-order chi connectivity index (χ1) is 10.1. The van der Waals surface area contributed by atoms with E-state index in [4.69, 9.17) is 0 Å². The smallest absolute Gasteiger partial charge is 0.244 e. The molecule has 116 valence electrons. The van der Waals surface area contributed by atoms with Crippen molar-refractivity contribution in [1.82, 2.24) is 10.2 Å². The van der Waals surface area contributed by atoms with Crippen LogP contribution in [-0.4, -0.2) is 33.9 Å². The second kappa shape index (κ2) is 6.31. The normalized spacial score (nSPS) is 33.6. The number of nitrogens with one attached hydrogen (secondary N) is 1. The Kier molecular flexibility index (Phi) is 4.62. The van der Waals surface area contributed by atoms with Gasteiger partial charge in [0.2, 0.25) is 5.91 Å². The number of hydrogen-bond acceptors (Lipinski definition) is 4. The molecule has 3 heterocycles. The summed E-state index contributed by atoms with van der Waals surface area (Å²) in [6, 6.07) is 2.14. The maximum atomic E-state index is 12.9. The van der Waals surface area contributed by atoms with Gasteiger partial charge in [-0.05, 0) is 54.3 Å². The quantitative estimate of drug-likeness (QED) is 0.918. The van der Waals surface area contributed by atoms with Crippen LogP contribution in [0.4, 0.5) is 0 Å². The lowest BCUT2D eigenvalue weighted by Crippen LogP contribution is -2.43. The van der Waals surface area contributed by atoms with Gasteiger partial charge in [-0.1, -0.05) is 13.3 Å². The Morgan fingerprint density at radius 3 is 2.95 bits per heavy atom. The molecule has 1 amide bonds. The maximum Gasteiger partial charge on any atom is 0.244 e. The molecule has 5 heteroatoms. The van der Waals surface area contributed by atoms with Gasteiger partial charge in [0.25, 0.3) is 0 Å². The number of hydrogen-bond donors (Lipinski definition) is 1. The molecule has 0 radical (unpaired) electrons. The monoisotopic (exact) mass is 324 g/mol. The molecule has 0 bridgehead atoms. The van der Waals surface area contributed by atoms with Crippen LogP contribution in [0.2, 0.25) is 0 Å². The zero-order valence-corrected chi connectivity index (χ0v) is 14.4. The minimum absolute atomic E-state index is 0.0521. The number of rotatable bonds is 4. The molecule has 3 unspecified atom stereocenters. The van der Waals surface area contributed by atoms with Crippen LogP contribution >= 0.6 is 23.1 Å². The Labute approximate surface area is 135 Å². The molecule has 3 atom stereocenters. The molecule has 0 spiro atoms. The molecule has 0 aliphatic carbocycles. The molecule has 2 aliphatic rings. The molecule has 3 rings (SSSR count). The van der Waals surface area contributed by atoms with Crippen molar-refractivity contribution in [1.29, 1.82) is 0 Å². The topological polar surface area (TPSA) is 32.3 Å². The second-order valence-corrected chi connectivity index (χ2v) is 8.42. The zero-order chi connectivity index (χ0) is 14.9. The molecule has 3 nitrogen and oxygen atoms in total. The van der Waals surface area contributed by atoms with E-state index in [9.17, 15) is 4.79 Å². The van der Waals surface area contributed by atoms with Crippen molar-refractivity contribution in [2.45, 2.75) is 56.5 Å². The summed E-state index contributed by atoms with van der Waals surface area (Å²) in [5.41, 5.74) is 0.817. The van der Waals surface area contributed by atoms with Crippen molar-refractivity contribution in [3.63, 3.8) is 0 Å². The van der Waals surface area contributed by atoms with E-state index in [-0.39, 0.29) is 12.1 Å². The minimum atomic E-state index is -0.411. The minimum Gasteiger partial charge on any atom is -0.320 e. The van der Waals surface area contributed by atoms with Gasteiger partial charge in [0.15, 0.2) is 0 Å². The average molecular weight is 325 g/mol. The van der Waals surface area contributed by atoms with Crippen LogP contribution in [0, 0.1) is 0 Å². The van der Waals surface area contributed by atoms with Gasteiger partial charge in [0.1, 0.15) is 6.17 Å². The summed E-state index contributed by atoms with van der Waals surface area (Å²) in [6.45, 7) is 5.02. The first kappa shape index (κ1) is 15.4. The van der Waals surface area contributed by atoms with E-state index in [1.807, 2.05) is 18.7 Å². The lowest BCUT2D eigenvalue weighted by molar-refractivity contribution is -0.133. The number of thioether (sulfide) groups is 1. The number of nitrogens with zero attached hydrogens (tertiary/aromatic N) is 1. The van der Waals surface area contributed by atoms with Gasteiger partial charge in [-0.2, -0.15) is 23.1 Å². The van der Waals surface area contributed by atoms with E-state index in [0.717, 1.165) is 13.0 Å². The Balaban J connectivity index is 1.81. The molecular formula is C16H24N2OS2. The maximum absolute atomic E-state index is 12.9. The van der Waals surface area contributed by atoms with Gasteiger partial charge in [-0.3, -0.25) is 10.1 Å².